The third-order valence-corrected chi connectivity index (χ3v) is 7.12. The fraction of sp³-hybridized carbons (Fsp3) is 0.467. The van der Waals surface area contributed by atoms with Crippen molar-refractivity contribution >= 4 is 12.0 Å². The molecule has 210 valence electrons. The van der Waals surface area contributed by atoms with Gasteiger partial charge in [0, 0.05) is 61.6 Å². The first-order valence-corrected chi connectivity index (χ1v) is 13.6. The monoisotopic (exact) mass is 545 g/mol. The zero-order valence-corrected chi connectivity index (χ0v) is 23.3. The minimum atomic E-state index is -0.661. The van der Waals surface area contributed by atoms with E-state index >= 15 is 0 Å². The number of imidazole rings is 1. The number of nitrogens with zero attached hydrogens (tertiary/aromatic N) is 4. The van der Waals surface area contributed by atoms with Gasteiger partial charge in [-0.05, 0) is 63.8 Å². The summed E-state index contributed by atoms with van der Waals surface area (Å²) in [4.78, 5) is 30.3. The van der Waals surface area contributed by atoms with Crippen LogP contribution in [0.5, 0.6) is 0 Å². The number of rotatable bonds is 7. The van der Waals surface area contributed by atoms with Crippen LogP contribution < -0.4 is 5.32 Å². The molecule has 0 bridgehead atoms. The van der Waals surface area contributed by atoms with Crippen molar-refractivity contribution < 1.29 is 24.0 Å². The normalized spacial score (nSPS) is 20.3. The van der Waals surface area contributed by atoms with E-state index in [0.717, 1.165) is 29.9 Å². The third kappa shape index (κ3) is 6.54. The van der Waals surface area contributed by atoms with Gasteiger partial charge in [0.15, 0.2) is 5.76 Å². The minimum absolute atomic E-state index is 0.0505. The molecule has 1 aliphatic heterocycles. The summed E-state index contributed by atoms with van der Waals surface area (Å²) in [7, 11) is 0. The Balaban J connectivity index is 1.07. The van der Waals surface area contributed by atoms with Crippen molar-refractivity contribution in [3.8, 4) is 23.2 Å². The van der Waals surface area contributed by atoms with Gasteiger partial charge >= 0.3 is 6.09 Å². The Hall–Kier alpha value is -4.10. The van der Waals surface area contributed by atoms with Crippen LogP contribution in [0.15, 0.2) is 47.2 Å². The second-order valence-corrected chi connectivity index (χ2v) is 11.4. The molecule has 0 spiro atoms. The van der Waals surface area contributed by atoms with Crippen LogP contribution in [-0.4, -0.2) is 61.9 Å². The van der Waals surface area contributed by atoms with E-state index in [1.165, 1.54) is 0 Å². The number of aromatic nitrogens is 3. The van der Waals surface area contributed by atoms with E-state index in [1.54, 1.807) is 40.1 Å². The van der Waals surface area contributed by atoms with Crippen molar-refractivity contribution in [3.05, 3.63) is 59.8 Å². The van der Waals surface area contributed by atoms with E-state index in [-0.39, 0.29) is 18.9 Å². The predicted octanol–water partition coefficient (Wildman–Crippen LogP) is 3.61. The molecule has 40 heavy (non-hydrogen) atoms. The fourth-order valence-corrected chi connectivity index (χ4v) is 5.09. The molecule has 2 aromatic heterocycles. The summed E-state index contributed by atoms with van der Waals surface area (Å²) < 4.78 is 12.6. The smallest absolute Gasteiger partial charge is 0.407 e. The first-order chi connectivity index (χ1) is 19.1. The van der Waals surface area contributed by atoms with E-state index in [2.05, 4.69) is 27.3 Å². The number of fused-ring (bicyclic) bond motifs is 1. The van der Waals surface area contributed by atoms with Crippen molar-refractivity contribution in [1.82, 2.24) is 24.9 Å². The van der Waals surface area contributed by atoms with E-state index in [9.17, 15) is 14.7 Å². The van der Waals surface area contributed by atoms with Crippen LogP contribution in [0.4, 0.5) is 4.79 Å². The van der Waals surface area contributed by atoms with Gasteiger partial charge in [0.05, 0.1) is 6.54 Å². The highest BCUT2D eigenvalue weighted by Crippen LogP contribution is 2.51. The molecule has 1 saturated carbocycles. The Morgan fingerprint density at radius 1 is 1.23 bits per heavy atom. The number of hydrogen-bond donors (Lipinski definition) is 2. The lowest BCUT2D eigenvalue weighted by Crippen LogP contribution is -2.37. The van der Waals surface area contributed by atoms with Gasteiger partial charge in [-0.25, -0.2) is 9.78 Å². The number of benzene rings is 1. The topological polar surface area (TPSA) is 123 Å². The molecule has 2 amide bonds. The quantitative estimate of drug-likeness (QED) is 0.435. The molecule has 0 radical (unpaired) electrons. The largest absolute Gasteiger partial charge is 0.444 e. The summed E-state index contributed by atoms with van der Waals surface area (Å²) in [5, 5.41) is 16.6. The molecule has 5 rings (SSSR count). The zero-order valence-electron chi connectivity index (χ0n) is 23.3. The first kappa shape index (κ1) is 27.5. The molecular formula is C30H35N5O5. The third-order valence-electron chi connectivity index (χ3n) is 7.12. The summed E-state index contributed by atoms with van der Waals surface area (Å²) in [6.45, 7) is 9.26. The van der Waals surface area contributed by atoms with Crippen LogP contribution in [0.1, 0.15) is 57.3 Å². The number of carbonyl (C=O) groups excluding carboxylic acids is 2. The second kappa shape index (κ2) is 11.2. The van der Waals surface area contributed by atoms with E-state index < -0.39 is 17.8 Å². The van der Waals surface area contributed by atoms with Gasteiger partial charge in [-0.1, -0.05) is 17.0 Å². The van der Waals surface area contributed by atoms with Crippen molar-refractivity contribution in [2.45, 2.75) is 52.4 Å². The van der Waals surface area contributed by atoms with Crippen LogP contribution in [0.25, 0.3) is 11.3 Å². The van der Waals surface area contributed by atoms with Crippen molar-refractivity contribution in [2.24, 2.45) is 17.8 Å². The molecule has 1 unspecified atom stereocenters. The highest BCUT2D eigenvalue weighted by atomic mass is 16.6. The molecule has 10 heteroatoms. The van der Waals surface area contributed by atoms with Crippen molar-refractivity contribution in [1.29, 1.82) is 0 Å². The Kier molecular flexibility index (Phi) is 7.68. The SMILES string of the molecule is C[C@H](O)c1nccn1Cc1cc(-c2ccc(C#CC3[C@H]4CN(C(=O)CCNC(=O)OC(C)(C)C)C[C@@H]34)cc2)on1. The Bertz CT molecular complexity index is 1410. The van der Waals surface area contributed by atoms with Gasteiger partial charge in [-0.15, -0.1) is 0 Å². The summed E-state index contributed by atoms with van der Waals surface area (Å²) in [5.41, 5.74) is 2.01. The summed E-state index contributed by atoms with van der Waals surface area (Å²) >= 11 is 0. The van der Waals surface area contributed by atoms with Crippen LogP contribution >= 0.6 is 0 Å². The number of likely N-dealkylation sites (tertiary alicyclic amines) is 1. The Labute approximate surface area is 233 Å². The number of aliphatic hydroxyl groups is 1. The number of piperidine rings is 1. The van der Waals surface area contributed by atoms with E-state index in [0.29, 0.717) is 35.9 Å². The van der Waals surface area contributed by atoms with Crippen molar-refractivity contribution in [3.63, 3.8) is 0 Å². The molecule has 1 aromatic carbocycles. The zero-order chi connectivity index (χ0) is 28.4. The second-order valence-electron chi connectivity index (χ2n) is 11.4. The molecule has 2 N–H and O–H groups in total. The molecule has 1 saturated heterocycles. The van der Waals surface area contributed by atoms with Gasteiger partial charge in [-0.2, -0.15) is 0 Å². The maximum absolute atomic E-state index is 12.5. The van der Waals surface area contributed by atoms with E-state index in [4.69, 9.17) is 9.26 Å². The molecular weight excluding hydrogens is 510 g/mol. The van der Waals surface area contributed by atoms with Crippen LogP contribution in [0.3, 0.4) is 0 Å². The number of aliphatic hydroxyl groups excluding tert-OH is 1. The number of carbonyl (C=O) groups is 2. The average Bonchev–Trinajstić information content (AvgIpc) is 3.38. The molecule has 3 aromatic rings. The molecule has 2 fully saturated rings. The van der Waals surface area contributed by atoms with Gasteiger partial charge in [0.2, 0.25) is 5.91 Å². The van der Waals surface area contributed by atoms with Crippen LogP contribution in [-0.2, 0) is 16.1 Å². The average molecular weight is 546 g/mol. The number of nitrogens with one attached hydrogen (secondary N) is 1. The maximum atomic E-state index is 12.5. The Morgan fingerprint density at radius 3 is 2.62 bits per heavy atom. The van der Waals surface area contributed by atoms with Crippen LogP contribution in [0, 0.1) is 29.6 Å². The summed E-state index contributed by atoms with van der Waals surface area (Å²) in [5.74, 6) is 9.13. The number of alkyl carbamates (subject to hydrolysis) is 1. The lowest BCUT2D eigenvalue weighted by atomic mass is 10.1. The molecule has 3 heterocycles. The lowest BCUT2D eigenvalue weighted by molar-refractivity contribution is -0.130. The maximum Gasteiger partial charge on any atom is 0.407 e. The number of hydrogen-bond acceptors (Lipinski definition) is 7. The van der Waals surface area contributed by atoms with Gasteiger partial charge in [-0.3, -0.25) is 4.79 Å². The molecule has 2 aliphatic rings. The van der Waals surface area contributed by atoms with Gasteiger partial charge in [0.25, 0.3) is 0 Å². The first-order valence-electron chi connectivity index (χ1n) is 13.6. The standard InChI is InChI=1S/C30H35N5O5/c1-19(36)28-31-13-14-34(28)16-22-15-26(40-33-22)21-8-5-20(6-9-21)7-10-23-24-17-35(18-25(23)24)27(37)11-12-32-29(38)39-30(2,3)4/h5-6,8-9,13-15,19,23-25,36H,11-12,16-18H2,1-4H3,(H,32,38)/t19-,23?,24-,25+/m0/s1. The van der Waals surface area contributed by atoms with E-state index in [1.807, 2.05) is 39.8 Å². The van der Waals surface area contributed by atoms with Gasteiger partial charge in [0.1, 0.15) is 23.2 Å². The molecule has 10 nitrogen and oxygen atoms in total. The highest BCUT2D eigenvalue weighted by molar-refractivity contribution is 5.78. The highest BCUT2D eigenvalue weighted by Gasteiger charge is 2.55. The molecule has 1 aliphatic carbocycles. The number of amides is 2. The Morgan fingerprint density at radius 2 is 1.95 bits per heavy atom. The lowest BCUT2D eigenvalue weighted by Gasteiger charge is -2.21. The predicted molar refractivity (Wildman–Crippen MR) is 147 cm³/mol. The molecule has 4 atom stereocenters. The fourth-order valence-electron chi connectivity index (χ4n) is 5.09. The minimum Gasteiger partial charge on any atom is -0.444 e. The van der Waals surface area contributed by atoms with Gasteiger partial charge < -0.3 is 29.2 Å². The number of ether oxygens (including phenoxy) is 1. The van der Waals surface area contributed by atoms with Crippen LogP contribution in [0.2, 0.25) is 0 Å². The summed E-state index contributed by atoms with van der Waals surface area (Å²) in [6, 6.07) is 9.76. The summed E-state index contributed by atoms with van der Waals surface area (Å²) in [6.07, 6.45) is 2.56. The van der Waals surface area contributed by atoms with Crippen molar-refractivity contribution in [2.75, 3.05) is 19.6 Å².